The number of rotatable bonds is 8. The summed E-state index contributed by atoms with van der Waals surface area (Å²) in [5.74, 6) is 1.57. The molecule has 1 aliphatic rings. The molecule has 1 aliphatic heterocycles. The molecule has 0 atom stereocenters. The lowest BCUT2D eigenvalue weighted by Gasteiger charge is -2.23. The Morgan fingerprint density at radius 1 is 1.35 bits per heavy atom. The van der Waals surface area contributed by atoms with E-state index < -0.39 is 0 Å². The van der Waals surface area contributed by atoms with E-state index in [2.05, 4.69) is 16.4 Å². The van der Waals surface area contributed by atoms with Crippen molar-refractivity contribution in [3.63, 3.8) is 0 Å². The molecular formula is C19H25N4O3+. The van der Waals surface area contributed by atoms with E-state index >= 15 is 0 Å². The van der Waals surface area contributed by atoms with Crippen molar-refractivity contribution in [2.24, 2.45) is 0 Å². The number of morpholine rings is 1. The van der Waals surface area contributed by atoms with E-state index in [1.807, 2.05) is 31.2 Å². The molecule has 2 heterocycles. The molecule has 1 fully saturated rings. The zero-order valence-electron chi connectivity index (χ0n) is 15.1. The SMILES string of the molecule is Cc1cccc(OCc2nc(C#N)c(NCCC[NH+]3CCOCC3)o2)c1. The van der Waals surface area contributed by atoms with Gasteiger partial charge in [-0.2, -0.15) is 10.2 Å². The van der Waals surface area contributed by atoms with Crippen LogP contribution < -0.4 is 15.0 Å². The van der Waals surface area contributed by atoms with Crippen LogP contribution in [0.5, 0.6) is 5.75 Å². The average Bonchev–Trinajstić information content (AvgIpc) is 3.07. The third-order valence-corrected chi connectivity index (χ3v) is 4.32. The second kappa shape index (κ2) is 9.22. The zero-order chi connectivity index (χ0) is 18.2. The molecule has 2 aromatic rings. The van der Waals surface area contributed by atoms with Crippen molar-refractivity contribution in [1.82, 2.24) is 4.98 Å². The summed E-state index contributed by atoms with van der Waals surface area (Å²) in [7, 11) is 0. The van der Waals surface area contributed by atoms with Gasteiger partial charge in [0.15, 0.2) is 6.61 Å². The standard InChI is InChI=1S/C19H24N4O3/c1-15-4-2-5-16(12-15)25-14-18-22-17(13-20)19(26-18)21-6-3-7-23-8-10-24-11-9-23/h2,4-5,12,21H,3,6-11,14H2,1H3/p+1. The lowest BCUT2D eigenvalue weighted by atomic mass is 10.2. The molecule has 1 saturated heterocycles. The second-order valence-electron chi connectivity index (χ2n) is 6.40. The van der Waals surface area contributed by atoms with E-state index in [1.165, 1.54) is 0 Å². The predicted molar refractivity (Wildman–Crippen MR) is 96.2 cm³/mol. The summed E-state index contributed by atoms with van der Waals surface area (Å²) in [5, 5.41) is 12.4. The fourth-order valence-corrected chi connectivity index (χ4v) is 2.92. The van der Waals surface area contributed by atoms with Crippen LogP contribution in [0.15, 0.2) is 28.7 Å². The minimum Gasteiger partial charge on any atom is -0.484 e. The molecule has 0 amide bonds. The molecular weight excluding hydrogens is 332 g/mol. The summed E-state index contributed by atoms with van der Waals surface area (Å²) in [5.41, 5.74) is 1.39. The Morgan fingerprint density at radius 2 is 2.19 bits per heavy atom. The number of quaternary nitrogens is 1. The number of aromatic nitrogens is 1. The highest BCUT2D eigenvalue weighted by Crippen LogP contribution is 2.19. The van der Waals surface area contributed by atoms with Gasteiger partial charge in [-0.1, -0.05) is 12.1 Å². The van der Waals surface area contributed by atoms with Gasteiger partial charge in [-0.05, 0) is 24.6 Å². The average molecular weight is 357 g/mol. The van der Waals surface area contributed by atoms with Gasteiger partial charge < -0.3 is 24.1 Å². The number of hydrogen-bond donors (Lipinski definition) is 2. The number of nitrogens with zero attached hydrogens (tertiary/aromatic N) is 2. The molecule has 0 saturated carbocycles. The van der Waals surface area contributed by atoms with E-state index in [-0.39, 0.29) is 12.3 Å². The molecule has 7 heteroatoms. The summed E-state index contributed by atoms with van der Waals surface area (Å²) < 4.78 is 16.7. The smallest absolute Gasteiger partial charge is 0.236 e. The Labute approximate surface area is 153 Å². The van der Waals surface area contributed by atoms with Gasteiger partial charge in [0.25, 0.3) is 0 Å². The zero-order valence-corrected chi connectivity index (χ0v) is 15.1. The number of nitriles is 1. The van der Waals surface area contributed by atoms with Gasteiger partial charge in [0.2, 0.25) is 17.5 Å². The van der Waals surface area contributed by atoms with Crippen molar-refractivity contribution < 1.29 is 18.8 Å². The number of nitrogens with one attached hydrogen (secondary N) is 2. The van der Waals surface area contributed by atoms with E-state index in [0.717, 1.165) is 57.1 Å². The molecule has 0 spiro atoms. The summed E-state index contributed by atoms with van der Waals surface area (Å²) in [4.78, 5) is 5.76. The highest BCUT2D eigenvalue weighted by Gasteiger charge is 2.15. The van der Waals surface area contributed by atoms with Crippen LogP contribution in [0.2, 0.25) is 0 Å². The minimum atomic E-state index is 0.192. The van der Waals surface area contributed by atoms with Gasteiger partial charge in [-0.25, -0.2) is 0 Å². The van der Waals surface area contributed by atoms with E-state index in [1.54, 1.807) is 4.90 Å². The maximum absolute atomic E-state index is 9.24. The number of oxazole rings is 1. The summed E-state index contributed by atoms with van der Waals surface area (Å²) in [6.07, 6.45) is 0.996. The van der Waals surface area contributed by atoms with Crippen molar-refractivity contribution in [3.8, 4) is 11.8 Å². The summed E-state index contributed by atoms with van der Waals surface area (Å²) >= 11 is 0. The fourth-order valence-electron chi connectivity index (χ4n) is 2.92. The molecule has 7 nitrogen and oxygen atoms in total. The molecule has 0 radical (unpaired) electrons. The van der Waals surface area contributed by atoms with Crippen LogP contribution in [0, 0.1) is 18.3 Å². The molecule has 0 aliphatic carbocycles. The van der Waals surface area contributed by atoms with Crippen molar-refractivity contribution in [2.75, 3.05) is 44.7 Å². The fraction of sp³-hybridized carbons (Fsp3) is 0.474. The molecule has 1 aromatic heterocycles. The molecule has 1 aromatic carbocycles. The quantitative estimate of drug-likeness (QED) is 0.690. The number of benzene rings is 1. The van der Waals surface area contributed by atoms with Gasteiger partial charge in [-0.3, -0.25) is 0 Å². The number of ether oxygens (including phenoxy) is 2. The van der Waals surface area contributed by atoms with Gasteiger partial charge in [0.05, 0.1) is 19.8 Å². The van der Waals surface area contributed by atoms with Crippen molar-refractivity contribution in [2.45, 2.75) is 20.0 Å². The number of anilines is 1. The van der Waals surface area contributed by atoms with Crippen molar-refractivity contribution in [1.29, 1.82) is 5.26 Å². The van der Waals surface area contributed by atoms with Crippen LogP contribution in [0.25, 0.3) is 0 Å². The minimum absolute atomic E-state index is 0.192. The molecule has 26 heavy (non-hydrogen) atoms. The van der Waals surface area contributed by atoms with Crippen LogP contribution in [0.1, 0.15) is 23.6 Å². The normalized spacial score (nSPS) is 14.8. The maximum Gasteiger partial charge on any atom is 0.236 e. The first kappa shape index (κ1) is 18.2. The Hall–Kier alpha value is -2.56. The van der Waals surface area contributed by atoms with E-state index in [0.29, 0.717) is 11.8 Å². The highest BCUT2D eigenvalue weighted by molar-refractivity contribution is 5.45. The lowest BCUT2D eigenvalue weighted by Crippen LogP contribution is -3.14. The lowest BCUT2D eigenvalue weighted by molar-refractivity contribution is -0.908. The maximum atomic E-state index is 9.24. The van der Waals surface area contributed by atoms with Crippen LogP contribution >= 0.6 is 0 Å². The molecule has 138 valence electrons. The largest absolute Gasteiger partial charge is 0.484 e. The van der Waals surface area contributed by atoms with Crippen LogP contribution in [0.4, 0.5) is 5.88 Å². The number of aryl methyl sites for hydroxylation is 1. The Morgan fingerprint density at radius 3 is 2.96 bits per heavy atom. The first-order valence-corrected chi connectivity index (χ1v) is 8.99. The Balaban J connectivity index is 1.47. The van der Waals surface area contributed by atoms with Crippen LogP contribution in [-0.4, -0.2) is 44.4 Å². The molecule has 2 N–H and O–H groups in total. The second-order valence-corrected chi connectivity index (χ2v) is 6.40. The third kappa shape index (κ3) is 5.22. The van der Waals surface area contributed by atoms with E-state index in [9.17, 15) is 5.26 Å². The Kier molecular flexibility index (Phi) is 6.47. The van der Waals surface area contributed by atoms with E-state index in [4.69, 9.17) is 13.9 Å². The van der Waals surface area contributed by atoms with Gasteiger partial charge in [0.1, 0.15) is 24.9 Å². The molecule has 0 unspecified atom stereocenters. The molecule has 0 bridgehead atoms. The van der Waals surface area contributed by atoms with Crippen molar-refractivity contribution in [3.05, 3.63) is 41.4 Å². The molecule has 3 rings (SSSR count). The van der Waals surface area contributed by atoms with Gasteiger partial charge in [-0.15, -0.1) is 0 Å². The summed E-state index contributed by atoms with van der Waals surface area (Å²) in [6, 6.07) is 9.84. The topological polar surface area (TPSA) is 84.8 Å². The monoisotopic (exact) mass is 357 g/mol. The van der Waals surface area contributed by atoms with Crippen molar-refractivity contribution >= 4 is 5.88 Å². The van der Waals surface area contributed by atoms with Crippen LogP contribution in [0.3, 0.4) is 0 Å². The van der Waals surface area contributed by atoms with Crippen LogP contribution in [-0.2, 0) is 11.3 Å². The third-order valence-electron chi connectivity index (χ3n) is 4.32. The van der Waals surface area contributed by atoms with Gasteiger partial charge >= 0.3 is 0 Å². The van der Waals surface area contributed by atoms with Gasteiger partial charge in [0, 0.05) is 13.0 Å². The first-order valence-electron chi connectivity index (χ1n) is 8.99. The Bertz CT molecular complexity index is 747. The highest BCUT2D eigenvalue weighted by atomic mass is 16.5. The summed E-state index contributed by atoms with van der Waals surface area (Å²) in [6.45, 7) is 7.83. The first-order chi connectivity index (χ1) is 12.7. The predicted octanol–water partition coefficient (Wildman–Crippen LogP) is 1.15. The number of hydrogen-bond acceptors (Lipinski definition) is 6.